The van der Waals surface area contributed by atoms with Gasteiger partial charge in [-0.05, 0) is 37.3 Å². The second kappa shape index (κ2) is 5.13. The van der Waals surface area contributed by atoms with E-state index in [0.717, 1.165) is 13.1 Å². The molecule has 0 aliphatic carbocycles. The number of hydrogen-bond donors (Lipinski definition) is 0. The van der Waals surface area contributed by atoms with Gasteiger partial charge in [-0.25, -0.2) is 9.13 Å². The van der Waals surface area contributed by atoms with Crippen molar-refractivity contribution in [2.24, 2.45) is 5.41 Å². The lowest BCUT2D eigenvalue weighted by molar-refractivity contribution is -0.668. The molecule has 0 saturated carbocycles. The van der Waals surface area contributed by atoms with E-state index in [9.17, 15) is 0 Å². The molecular formula is C16H25N2+. The molecule has 2 heteroatoms. The van der Waals surface area contributed by atoms with Crippen molar-refractivity contribution in [2.75, 3.05) is 0 Å². The molecule has 0 bridgehead atoms. The molecule has 1 aromatic heterocycles. The van der Waals surface area contributed by atoms with Crippen molar-refractivity contribution in [3.63, 3.8) is 0 Å². The first-order chi connectivity index (χ1) is 8.51. The molecule has 0 atom stereocenters. The summed E-state index contributed by atoms with van der Waals surface area (Å²) in [6.45, 7) is 11.3. The molecule has 0 saturated heterocycles. The number of hydrogen-bond acceptors (Lipinski definition) is 0. The molecule has 1 heterocycles. The Labute approximate surface area is 110 Å². The highest BCUT2D eigenvalue weighted by atomic mass is 15.1. The van der Waals surface area contributed by atoms with Crippen LogP contribution in [0.15, 0.2) is 30.6 Å². The van der Waals surface area contributed by atoms with Crippen LogP contribution in [0.2, 0.25) is 0 Å². The Hall–Kier alpha value is -1.31. The zero-order valence-corrected chi connectivity index (χ0v) is 12.1. The summed E-state index contributed by atoms with van der Waals surface area (Å²) in [7, 11) is 0. The Kier molecular flexibility index (Phi) is 3.74. The van der Waals surface area contributed by atoms with Crippen LogP contribution in [0, 0.1) is 5.41 Å². The molecule has 0 spiro atoms. The molecule has 2 rings (SSSR count). The Bertz CT molecular complexity index is 517. The van der Waals surface area contributed by atoms with Crippen molar-refractivity contribution < 1.29 is 4.57 Å². The van der Waals surface area contributed by atoms with Crippen molar-refractivity contribution in [1.29, 1.82) is 0 Å². The van der Waals surface area contributed by atoms with E-state index in [1.807, 2.05) is 0 Å². The molecule has 0 radical (unpaired) electrons. The van der Waals surface area contributed by atoms with E-state index in [1.54, 1.807) is 0 Å². The van der Waals surface area contributed by atoms with Crippen LogP contribution in [-0.2, 0) is 13.1 Å². The fourth-order valence-electron chi connectivity index (χ4n) is 2.45. The monoisotopic (exact) mass is 245 g/mol. The van der Waals surface area contributed by atoms with Crippen molar-refractivity contribution in [1.82, 2.24) is 4.57 Å². The van der Waals surface area contributed by atoms with Gasteiger partial charge in [0, 0.05) is 0 Å². The second-order valence-electron chi connectivity index (χ2n) is 6.25. The number of benzene rings is 1. The van der Waals surface area contributed by atoms with Gasteiger partial charge in [0.2, 0.25) is 6.33 Å². The van der Waals surface area contributed by atoms with Crippen LogP contribution in [-0.4, -0.2) is 4.57 Å². The maximum atomic E-state index is 2.39. The third kappa shape index (κ3) is 2.92. The molecule has 2 nitrogen and oxygen atoms in total. The summed E-state index contributed by atoms with van der Waals surface area (Å²) in [6, 6.07) is 8.67. The predicted octanol–water partition coefficient (Wildman–Crippen LogP) is 3.78. The van der Waals surface area contributed by atoms with Gasteiger partial charge in [-0.15, -0.1) is 0 Å². The van der Waals surface area contributed by atoms with E-state index in [4.69, 9.17) is 0 Å². The summed E-state index contributed by atoms with van der Waals surface area (Å²) in [6.07, 6.45) is 4.77. The average Bonchev–Trinajstić information content (AvgIpc) is 2.66. The molecular weight excluding hydrogens is 220 g/mol. The first-order valence-electron chi connectivity index (χ1n) is 6.98. The standard InChI is InChI=1S/C16H25N2/c1-5-17-13-18(12-8-11-16(2,3)4)15-10-7-6-9-14(15)17/h6-7,9-10,13H,5,8,11-12H2,1-4H3/q+1. The maximum absolute atomic E-state index is 2.39. The third-order valence-corrected chi connectivity index (χ3v) is 3.45. The fraction of sp³-hybridized carbons (Fsp3) is 0.562. The molecule has 0 amide bonds. The lowest BCUT2D eigenvalue weighted by atomic mass is 9.91. The summed E-state index contributed by atoms with van der Waals surface area (Å²) < 4.78 is 4.72. The smallest absolute Gasteiger partial charge is 0.230 e. The molecule has 0 unspecified atom stereocenters. The third-order valence-electron chi connectivity index (χ3n) is 3.45. The van der Waals surface area contributed by atoms with Gasteiger partial charge in [-0.3, -0.25) is 0 Å². The van der Waals surface area contributed by atoms with Crippen LogP contribution in [0.4, 0.5) is 0 Å². The van der Waals surface area contributed by atoms with E-state index in [2.05, 4.69) is 67.4 Å². The molecule has 0 aliphatic heterocycles. The van der Waals surface area contributed by atoms with E-state index >= 15 is 0 Å². The van der Waals surface area contributed by atoms with Gasteiger partial charge in [0.05, 0.1) is 13.1 Å². The van der Waals surface area contributed by atoms with Gasteiger partial charge in [0.25, 0.3) is 0 Å². The topological polar surface area (TPSA) is 8.81 Å². The number of para-hydroxylation sites is 2. The van der Waals surface area contributed by atoms with Crippen molar-refractivity contribution >= 4 is 11.0 Å². The highest BCUT2D eigenvalue weighted by Gasteiger charge is 2.15. The van der Waals surface area contributed by atoms with Crippen LogP contribution in [0.25, 0.3) is 11.0 Å². The Balaban J connectivity index is 2.18. The van der Waals surface area contributed by atoms with Gasteiger partial charge in [-0.1, -0.05) is 32.9 Å². The van der Waals surface area contributed by atoms with Crippen LogP contribution in [0.3, 0.4) is 0 Å². The molecule has 2 aromatic rings. The molecule has 98 valence electrons. The quantitative estimate of drug-likeness (QED) is 0.725. The van der Waals surface area contributed by atoms with Gasteiger partial charge in [0.1, 0.15) is 0 Å². The van der Waals surface area contributed by atoms with Gasteiger partial charge >= 0.3 is 0 Å². The summed E-state index contributed by atoms with van der Waals surface area (Å²) >= 11 is 0. The minimum atomic E-state index is 0.434. The van der Waals surface area contributed by atoms with Crippen molar-refractivity contribution in [2.45, 2.75) is 53.6 Å². The van der Waals surface area contributed by atoms with Crippen LogP contribution in [0.5, 0.6) is 0 Å². The molecule has 18 heavy (non-hydrogen) atoms. The van der Waals surface area contributed by atoms with Crippen molar-refractivity contribution in [3.05, 3.63) is 30.6 Å². The van der Waals surface area contributed by atoms with Gasteiger partial charge in [-0.2, -0.15) is 0 Å². The highest BCUT2D eigenvalue weighted by Crippen LogP contribution is 2.21. The summed E-state index contributed by atoms with van der Waals surface area (Å²) in [5.74, 6) is 0. The first kappa shape index (κ1) is 13.1. The number of imidazole rings is 1. The highest BCUT2D eigenvalue weighted by molar-refractivity contribution is 5.71. The summed E-state index contributed by atoms with van der Waals surface area (Å²) in [5.41, 5.74) is 3.13. The molecule has 0 aliphatic rings. The van der Waals surface area contributed by atoms with E-state index in [0.29, 0.717) is 5.41 Å². The van der Waals surface area contributed by atoms with Gasteiger partial charge < -0.3 is 0 Å². The molecule has 0 fully saturated rings. The molecule has 0 N–H and O–H groups in total. The summed E-state index contributed by atoms with van der Waals surface area (Å²) in [4.78, 5) is 0. The van der Waals surface area contributed by atoms with Crippen LogP contribution < -0.4 is 4.57 Å². The Morgan fingerprint density at radius 2 is 1.89 bits per heavy atom. The first-order valence-corrected chi connectivity index (χ1v) is 6.98. The van der Waals surface area contributed by atoms with E-state index < -0.39 is 0 Å². The number of aromatic nitrogens is 2. The van der Waals surface area contributed by atoms with Crippen LogP contribution in [0.1, 0.15) is 40.5 Å². The number of nitrogens with zero attached hydrogens (tertiary/aromatic N) is 2. The van der Waals surface area contributed by atoms with Gasteiger partial charge in [0.15, 0.2) is 11.0 Å². The Morgan fingerprint density at radius 1 is 1.17 bits per heavy atom. The SMILES string of the molecule is CC[n+]1cn(CCCC(C)(C)C)c2ccccc21. The molecule has 1 aromatic carbocycles. The maximum Gasteiger partial charge on any atom is 0.244 e. The van der Waals surface area contributed by atoms with E-state index in [-0.39, 0.29) is 0 Å². The normalized spacial score (nSPS) is 12.2. The lowest BCUT2D eigenvalue weighted by Crippen LogP contribution is -2.30. The number of fused-ring (bicyclic) bond motifs is 1. The minimum Gasteiger partial charge on any atom is -0.230 e. The zero-order chi connectivity index (χ0) is 13.2. The second-order valence-corrected chi connectivity index (χ2v) is 6.25. The van der Waals surface area contributed by atoms with Crippen LogP contribution >= 0.6 is 0 Å². The average molecular weight is 245 g/mol. The Morgan fingerprint density at radius 3 is 2.56 bits per heavy atom. The van der Waals surface area contributed by atoms with Crippen molar-refractivity contribution in [3.8, 4) is 0 Å². The largest absolute Gasteiger partial charge is 0.244 e. The predicted molar refractivity (Wildman–Crippen MR) is 76.5 cm³/mol. The summed E-state index contributed by atoms with van der Waals surface area (Å²) in [5, 5.41) is 0. The lowest BCUT2D eigenvalue weighted by Gasteiger charge is -2.16. The zero-order valence-electron chi connectivity index (χ0n) is 12.1. The fourth-order valence-corrected chi connectivity index (χ4v) is 2.45. The minimum absolute atomic E-state index is 0.434. The number of rotatable bonds is 4. The van der Waals surface area contributed by atoms with E-state index in [1.165, 1.54) is 23.9 Å². The number of aryl methyl sites for hydroxylation is 2.